The lowest BCUT2D eigenvalue weighted by molar-refractivity contribution is -0.151. The average Bonchev–Trinajstić information content (AvgIpc) is 2.81. The predicted octanol–water partition coefficient (Wildman–Crippen LogP) is 3.74. The zero-order valence-electron chi connectivity index (χ0n) is 18.2. The molecule has 0 saturated heterocycles. The molecule has 2 aromatic rings. The number of aryl methyl sites for hydroxylation is 2. The number of hydrogen-bond donors (Lipinski definition) is 0. The van der Waals surface area contributed by atoms with Crippen LogP contribution in [-0.2, 0) is 33.7 Å². The van der Waals surface area contributed by atoms with Gasteiger partial charge in [-0.25, -0.2) is 0 Å². The topological polar surface area (TPSA) is 72.9 Å². The van der Waals surface area contributed by atoms with Gasteiger partial charge in [-0.3, -0.25) is 14.4 Å². The highest BCUT2D eigenvalue weighted by atomic mass is 16.5. The number of ketones is 1. The predicted molar refractivity (Wildman–Crippen MR) is 117 cm³/mol. The molecule has 1 aliphatic rings. The third kappa shape index (κ3) is 6.41. The molecule has 0 bridgehead atoms. The number of Topliss-reactive ketones (excluding diaryl/α,β-unsaturated/α-hetero) is 1. The zero-order valence-corrected chi connectivity index (χ0v) is 18.2. The van der Waals surface area contributed by atoms with E-state index in [1.165, 1.54) is 22.4 Å². The van der Waals surface area contributed by atoms with Crippen molar-refractivity contribution in [1.29, 1.82) is 0 Å². The minimum Gasteiger partial charge on any atom is -0.497 e. The van der Waals surface area contributed by atoms with Crippen LogP contribution < -0.4 is 4.74 Å². The van der Waals surface area contributed by atoms with Gasteiger partial charge in [0.05, 0.1) is 13.5 Å². The summed E-state index contributed by atoms with van der Waals surface area (Å²) in [5, 5.41) is 0. The molecule has 0 unspecified atom stereocenters. The Balaban J connectivity index is 1.40. The SMILES string of the molecule is COc1ccc(CN(C)C(=O)COC(=O)CCC(=O)c2ccc3c(c2)CCCC3)cc1. The molecule has 0 atom stereocenters. The molecule has 1 amide bonds. The summed E-state index contributed by atoms with van der Waals surface area (Å²) in [4.78, 5) is 38.2. The molecule has 0 saturated carbocycles. The highest BCUT2D eigenvalue weighted by molar-refractivity contribution is 5.97. The number of amides is 1. The van der Waals surface area contributed by atoms with E-state index < -0.39 is 5.97 Å². The molecule has 0 spiro atoms. The summed E-state index contributed by atoms with van der Waals surface area (Å²) in [5.74, 6) is -0.174. The van der Waals surface area contributed by atoms with Crippen molar-refractivity contribution in [3.63, 3.8) is 0 Å². The second-order valence-electron chi connectivity index (χ2n) is 7.87. The molecule has 0 aliphatic heterocycles. The van der Waals surface area contributed by atoms with Crippen LogP contribution in [0.5, 0.6) is 5.75 Å². The van der Waals surface area contributed by atoms with Crippen molar-refractivity contribution in [2.75, 3.05) is 20.8 Å². The van der Waals surface area contributed by atoms with Crippen molar-refractivity contribution < 1.29 is 23.9 Å². The molecule has 2 aromatic carbocycles. The third-order valence-electron chi connectivity index (χ3n) is 5.59. The first-order valence-electron chi connectivity index (χ1n) is 10.6. The van der Waals surface area contributed by atoms with Crippen LogP contribution in [0.25, 0.3) is 0 Å². The zero-order chi connectivity index (χ0) is 22.2. The van der Waals surface area contributed by atoms with E-state index >= 15 is 0 Å². The minimum atomic E-state index is -0.544. The number of esters is 1. The fourth-order valence-electron chi connectivity index (χ4n) is 3.68. The van der Waals surface area contributed by atoms with Crippen molar-refractivity contribution in [2.24, 2.45) is 0 Å². The Kier molecular flexibility index (Phi) is 7.82. The Morgan fingerprint density at radius 3 is 2.35 bits per heavy atom. The standard InChI is InChI=1S/C25H29NO5/c1-26(16-18-7-11-22(30-2)12-8-18)24(28)17-31-25(29)14-13-23(27)21-10-9-19-5-3-4-6-20(19)15-21/h7-12,15H,3-6,13-14,16-17H2,1-2H3. The van der Waals surface area contributed by atoms with Crippen LogP contribution in [0.4, 0.5) is 0 Å². The van der Waals surface area contributed by atoms with Gasteiger partial charge >= 0.3 is 5.97 Å². The van der Waals surface area contributed by atoms with E-state index in [0.29, 0.717) is 12.1 Å². The van der Waals surface area contributed by atoms with E-state index in [1.807, 2.05) is 42.5 Å². The molecule has 0 radical (unpaired) electrons. The fraction of sp³-hybridized carbons (Fsp3) is 0.400. The normalized spacial score (nSPS) is 12.6. The molecule has 164 valence electrons. The maximum absolute atomic E-state index is 12.4. The number of carbonyl (C=O) groups excluding carboxylic acids is 3. The maximum atomic E-state index is 12.4. The van der Waals surface area contributed by atoms with Crippen LogP contribution in [0.1, 0.15) is 52.7 Å². The maximum Gasteiger partial charge on any atom is 0.306 e. The minimum absolute atomic E-state index is 0.0363. The van der Waals surface area contributed by atoms with Gasteiger partial charge in [-0.05, 0) is 60.6 Å². The molecule has 3 rings (SSSR count). The molecule has 0 fully saturated rings. The van der Waals surface area contributed by atoms with E-state index in [9.17, 15) is 14.4 Å². The molecule has 0 heterocycles. The Morgan fingerprint density at radius 2 is 1.65 bits per heavy atom. The summed E-state index contributed by atoms with van der Waals surface area (Å²) in [5.41, 5.74) is 4.15. The first-order chi connectivity index (χ1) is 15.0. The van der Waals surface area contributed by atoms with Crippen molar-refractivity contribution in [2.45, 2.75) is 45.1 Å². The van der Waals surface area contributed by atoms with E-state index in [0.717, 1.165) is 30.6 Å². The smallest absolute Gasteiger partial charge is 0.306 e. The Labute approximate surface area is 183 Å². The largest absolute Gasteiger partial charge is 0.497 e. The average molecular weight is 424 g/mol. The number of benzene rings is 2. The van der Waals surface area contributed by atoms with E-state index in [1.54, 1.807) is 14.2 Å². The summed E-state index contributed by atoms with van der Waals surface area (Å²) in [6, 6.07) is 13.2. The molecule has 6 nitrogen and oxygen atoms in total. The van der Waals surface area contributed by atoms with E-state index in [4.69, 9.17) is 9.47 Å². The quantitative estimate of drug-likeness (QED) is 0.454. The van der Waals surface area contributed by atoms with E-state index in [2.05, 4.69) is 0 Å². The van der Waals surface area contributed by atoms with Crippen molar-refractivity contribution in [3.05, 3.63) is 64.7 Å². The number of carbonyl (C=O) groups is 3. The van der Waals surface area contributed by atoms with Gasteiger partial charge in [0, 0.05) is 25.6 Å². The van der Waals surface area contributed by atoms with Gasteiger partial charge in [0.15, 0.2) is 12.4 Å². The van der Waals surface area contributed by atoms with Gasteiger partial charge in [0.25, 0.3) is 5.91 Å². The number of nitrogens with zero attached hydrogens (tertiary/aromatic N) is 1. The van der Waals surface area contributed by atoms with Gasteiger partial charge in [-0.15, -0.1) is 0 Å². The van der Waals surface area contributed by atoms with Crippen molar-refractivity contribution >= 4 is 17.7 Å². The second-order valence-corrected chi connectivity index (χ2v) is 7.87. The van der Waals surface area contributed by atoms with E-state index in [-0.39, 0.29) is 31.1 Å². The summed E-state index contributed by atoms with van der Waals surface area (Å²) >= 11 is 0. The Bertz CT molecular complexity index is 935. The number of ether oxygens (including phenoxy) is 2. The Hall–Kier alpha value is -3.15. The Morgan fingerprint density at radius 1 is 0.935 bits per heavy atom. The monoisotopic (exact) mass is 423 g/mol. The van der Waals surface area contributed by atoms with Crippen LogP contribution >= 0.6 is 0 Å². The van der Waals surface area contributed by atoms with Gasteiger partial charge < -0.3 is 14.4 Å². The lowest BCUT2D eigenvalue weighted by atomic mass is 9.89. The summed E-state index contributed by atoms with van der Waals surface area (Å²) in [6.45, 7) is 0.0652. The number of rotatable bonds is 9. The summed E-state index contributed by atoms with van der Waals surface area (Å²) in [7, 11) is 3.25. The molecule has 6 heteroatoms. The summed E-state index contributed by atoms with van der Waals surface area (Å²) < 4.78 is 10.2. The van der Waals surface area contributed by atoms with Crippen molar-refractivity contribution in [1.82, 2.24) is 4.90 Å². The second kappa shape index (κ2) is 10.8. The van der Waals surface area contributed by atoms with Crippen LogP contribution in [0, 0.1) is 0 Å². The van der Waals surface area contributed by atoms with Gasteiger partial charge in [0.2, 0.25) is 0 Å². The van der Waals surface area contributed by atoms with Crippen LogP contribution in [-0.4, -0.2) is 43.3 Å². The van der Waals surface area contributed by atoms with Crippen LogP contribution in [0.3, 0.4) is 0 Å². The first-order valence-corrected chi connectivity index (χ1v) is 10.6. The fourth-order valence-corrected chi connectivity index (χ4v) is 3.68. The molecule has 1 aliphatic carbocycles. The number of likely N-dealkylation sites (N-methyl/N-ethyl adjacent to an activating group) is 1. The third-order valence-corrected chi connectivity index (χ3v) is 5.59. The highest BCUT2D eigenvalue weighted by Gasteiger charge is 2.16. The first kappa shape index (κ1) is 22.5. The molecular formula is C25H29NO5. The highest BCUT2D eigenvalue weighted by Crippen LogP contribution is 2.23. The van der Waals surface area contributed by atoms with Gasteiger partial charge in [-0.2, -0.15) is 0 Å². The van der Waals surface area contributed by atoms with Crippen molar-refractivity contribution in [3.8, 4) is 5.75 Å². The molecule has 0 aromatic heterocycles. The lowest BCUT2D eigenvalue weighted by Crippen LogP contribution is -2.30. The van der Waals surface area contributed by atoms with Crippen LogP contribution in [0.15, 0.2) is 42.5 Å². The molecular weight excluding hydrogens is 394 g/mol. The molecule has 31 heavy (non-hydrogen) atoms. The number of hydrogen-bond acceptors (Lipinski definition) is 5. The lowest BCUT2D eigenvalue weighted by Gasteiger charge is -2.17. The van der Waals surface area contributed by atoms with Crippen LogP contribution in [0.2, 0.25) is 0 Å². The van der Waals surface area contributed by atoms with Gasteiger partial charge in [-0.1, -0.05) is 24.3 Å². The summed E-state index contributed by atoms with van der Waals surface area (Å²) in [6.07, 6.45) is 4.46. The van der Waals surface area contributed by atoms with Gasteiger partial charge in [0.1, 0.15) is 5.75 Å². The number of fused-ring (bicyclic) bond motifs is 1. The molecule has 0 N–H and O–H groups in total. The number of methoxy groups -OCH3 is 1.